The monoisotopic (exact) mass is 713 g/mol. The first-order valence-corrected chi connectivity index (χ1v) is 19.5. The molecule has 2 fully saturated rings. The minimum absolute atomic E-state index is 0.230. The summed E-state index contributed by atoms with van der Waals surface area (Å²) in [6.45, 7) is 26.3. The lowest BCUT2D eigenvalue weighted by Crippen LogP contribution is -2.39. The summed E-state index contributed by atoms with van der Waals surface area (Å²) in [4.78, 5) is 16.1. The summed E-state index contributed by atoms with van der Waals surface area (Å²) in [6.07, 6.45) is 26.6. The molecule has 6 heteroatoms. The Morgan fingerprint density at radius 2 is 1.61 bits per heavy atom. The molecule has 1 saturated heterocycles. The molecule has 1 heterocycles. The fourth-order valence-corrected chi connectivity index (χ4v) is 5.69. The van der Waals surface area contributed by atoms with E-state index in [4.69, 9.17) is 9.47 Å². The number of hydrogen-bond donors (Lipinski definition) is 0. The maximum Gasteiger partial charge on any atom is 0.309 e. The number of carbonyl (C=O) groups is 1. The van der Waals surface area contributed by atoms with Crippen molar-refractivity contribution in [3.63, 3.8) is 0 Å². The van der Waals surface area contributed by atoms with Crippen molar-refractivity contribution in [3.8, 4) is 25.2 Å². The molecule has 0 aromatic heterocycles. The van der Waals surface area contributed by atoms with Crippen molar-refractivity contribution in [2.24, 2.45) is 17.8 Å². The molecular weight excluding hydrogens is 636 g/mol. The van der Waals surface area contributed by atoms with Gasteiger partial charge in [-0.2, -0.15) is 0 Å². The van der Waals surface area contributed by atoms with Crippen molar-refractivity contribution in [1.29, 1.82) is 0 Å². The molecule has 1 aromatic rings. The normalized spacial score (nSPS) is 15.5. The molecule has 0 radical (unpaired) electrons. The highest BCUT2D eigenvalue weighted by molar-refractivity contribution is 5.71. The molecule has 2 unspecified atom stereocenters. The summed E-state index contributed by atoms with van der Waals surface area (Å²) in [5.41, 5.74) is 4.46. The van der Waals surface area contributed by atoms with Crippen LogP contribution in [-0.4, -0.2) is 57.9 Å². The average Bonchev–Trinajstić information content (AvgIpc) is 3.15. The van der Waals surface area contributed by atoms with Crippen molar-refractivity contribution in [3.05, 3.63) is 53.0 Å². The van der Waals surface area contributed by atoms with Gasteiger partial charge in [-0.1, -0.05) is 93.1 Å². The smallest absolute Gasteiger partial charge is 0.309 e. The van der Waals surface area contributed by atoms with Crippen molar-refractivity contribution < 1.29 is 18.7 Å². The molecule has 292 valence electrons. The second kappa shape index (κ2) is 35.3. The number of anilines is 1. The van der Waals surface area contributed by atoms with E-state index >= 15 is 0 Å². The van der Waals surface area contributed by atoms with Crippen LogP contribution in [0.1, 0.15) is 133 Å². The number of benzene rings is 1. The third-order valence-electron chi connectivity index (χ3n) is 9.23. The molecule has 0 spiro atoms. The number of esters is 1. The molecule has 1 saturated carbocycles. The maximum absolute atomic E-state index is 13.2. The zero-order chi connectivity index (χ0) is 39.6. The van der Waals surface area contributed by atoms with Gasteiger partial charge in [0.2, 0.25) is 0 Å². The molecule has 1 aliphatic carbocycles. The maximum atomic E-state index is 13.2. The van der Waals surface area contributed by atoms with Crippen LogP contribution in [0, 0.1) is 48.8 Å². The Bertz CT molecular complexity index is 1090. The van der Waals surface area contributed by atoms with Gasteiger partial charge in [0, 0.05) is 38.1 Å². The predicted octanol–water partition coefficient (Wildman–Crippen LogP) is 11.7. The van der Waals surface area contributed by atoms with Crippen LogP contribution in [0.4, 0.5) is 10.1 Å². The lowest BCUT2D eigenvalue weighted by atomic mass is 9.79. The molecule has 0 bridgehead atoms. The molecule has 5 nitrogen and oxygen atoms in total. The predicted molar refractivity (Wildman–Crippen MR) is 221 cm³/mol. The highest BCUT2D eigenvalue weighted by Gasteiger charge is 2.22. The van der Waals surface area contributed by atoms with E-state index in [1.165, 1.54) is 82.7 Å². The number of terminal acetylenes is 2. The molecule has 0 amide bonds. The van der Waals surface area contributed by atoms with Crippen molar-refractivity contribution in [2.75, 3.05) is 51.9 Å². The molecular formula is C45H77FN2O3. The molecule has 2 aliphatic rings. The summed E-state index contributed by atoms with van der Waals surface area (Å²) in [6, 6.07) is 6.52. The summed E-state index contributed by atoms with van der Waals surface area (Å²) in [7, 11) is 3.40. The SMILES string of the molecule is C#C.C#CC.CC.CC.CCCC(CCC(C)CC)CN1CCOCC1.COC(=O)C/C=C(C)\C(CC1CCC1)=C(/C)N(C)c1ccc(F)cc1. The lowest BCUT2D eigenvalue weighted by Gasteiger charge is -2.30. The molecule has 0 N–H and O–H groups in total. The second-order valence-electron chi connectivity index (χ2n) is 12.7. The van der Waals surface area contributed by atoms with Crippen molar-refractivity contribution >= 4 is 11.7 Å². The Morgan fingerprint density at radius 1 is 1.06 bits per heavy atom. The number of rotatable bonds is 15. The van der Waals surface area contributed by atoms with E-state index in [9.17, 15) is 9.18 Å². The fourth-order valence-electron chi connectivity index (χ4n) is 5.69. The summed E-state index contributed by atoms with van der Waals surface area (Å²) in [5.74, 6) is 4.31. The van der Waals surface area contributed by atoms with Crippen LogP contribution in [0.15, 0.2) is 47.2 Å². The quantitative estimate of drug-likeness (QED) is 0.103. The van der Waals surface area contributed by atoms with Gasteiger partial charge in [-0.15, -0.1) is 25.2 Å². The Hall–Kier alpha value is -3.06. The Morgan fingerprint density at radius 3 is 2.06 bits per heavy atom. The standard InChI is InChI=1S/C21H28FNO2.C15H31NO.C3H4.2C2H6.C2H2/c1-15(8-13-21(24)25-4)20(14-17-6-5-7-17)16(2)23(3)19-11-9-18(22)10-12-19;1-4-6-15(8-7-14(3)5-2)13-16-9-11-17-12-10-16;1-3-2;3*1-2/h8-12,17H,5-7,13-14H2,1-4H3;14-15H,4-13H2,1-3H3;1H,2H3;2*1-2H3;1-2H/b15-8-,20-16+;;;;;. The molecule has 1 aromatic carbocycles. The van der Waals surface area contributed by atoms with Gasteiger partial charge in [-0.3, -0.25) is 9.69 Å². The number of ether oxygens (including phenoxy) is 2. The largest absolute Gasteiger partial charge is 0.469 e. The van der Waals surface area contributed by atoms with E-state index in [1.54, 1.807) is 19.1 Å². The van der Waals surface area contributed by atoms with E-state index in [1.807, 2.05) is 40.8 Å². The van der Waals surface area contributed by atoms with Crippen LogP contribution >= 0.6 is 0 Å². The topological polar surface area (TPSA) is 42.0 Å². The molecule has 2 atom stereocenters. The Kier molecular flexibility index (Phi) is 36.2. The number of carbonyl (C=O) groups excluding carboxylic acids is 1. The third kappa shape index (κ3) is 24.7. The van der Waals surface area contributed by atoms with Crippen molar-refractivity contribution in [2.45, 2.75) is 133 Å². The van der Waals surface area contributed by atoms with Gasteiger partial charge in [0.1, 0.15) is 5.82 Å². The number of morpholine rings is 1. The van der Waals surface area contributed by atoms with Gasteiger partial charge in [0.25, 0.3) is 0 Å². The minimum atomic E-state index is -0.234. The Labute approximate surface area is 315 Å². The summed E-state index contributed by atoms with van der Waals surface area (Å²) in [5, 5.41) is 0. The number of hydrogen-bond acceptors (Lipinski definition) is 5. The number of methoxy groups -OCH3 is 1. The summed E-state index contributed by atoms with van der Waals surface area (Å²) < 4.78 is 23.3. The van der Waals surface area contributed by atoms with Gasteiger partial charge in [0.05, 0.1) is 26.7 Å². The Balaban J connectivity index is -0.000000769. The van der Waals surface area contributed by atoms with Gasteiger partial charge in [-0.25, -0.2) is 4.39 Å². The number of allylic oxidation sites excluding steroid dienone is 3. The zero-order valence-corrected chi connectivity index (χ0v) is 35.0. The van der Waals surface area contributed by atoms with Crippen LogP contribution in [0.3, 0.4) is 0 Å². The zero-order valence-electron chi connectivity index (χ0n) is 35.0. The third-order valence-corrected chi connectivity index (χ3v) is 9.23. The highest BCUT2D eigenvalue weighted by atomic mass is 19.1. The van der Waals surface area contributed by atoms with E-state index < -0.39 is 0 Å². The minimum Gasteiger partial charge on any atom is -0.469 e. The van der Waals surface area contributed by atoms with Crippen LogP contribution < -0.4 is 4.90 Å². The van der Waals surface area contributed by atoms with Gasteiger partial charge in [-0.05, 0) is 93.2 Å². The van der Waals surface area contributed by atoms with Crippen LogP contribution in [0.2, 0.25) is 0 Å². The van der Waals surface area contributed by atoms with Crippen LogP contribution in [-0.2, 0) is 14.3 Å². The molecule has 51 heavy (non-hydrogen) atoms. The average molecular weight is 713 g/mol. The fraction of sp³-hybridized carbons (Fsp3) is 0.667. The first-order valence-electron chi connectivity index (χ1n) is 19.5. The molecule has 3 rings (SSSR count). The summed E-state index contributed by atoms with van der Waals surface area (Å²) >= 11 is 0. The second-order valence-corrected chi connectivity index (χ2v) is 12.7. The van der Waals surface area contributed by atoms with Crippen molar-refractivity contribution in [1.82, 2.24) is 4.90 Å². The van der Waals surface area contributed by atoms with Gasteiger partial charge in [0.15, 0.2) is 0 Å². The van der Waals surface area contributed by atoms with Crippen LogP contribution in [0.5, 0.6) is 0 Å². The van der Waals surface area contributed by atoms with Crippen LogP contribution in [0.25, 0.3) is 0 Å². The van der Waals surface area contributed by atoms with Gasteiger partial charge < -0.3 is 14.4 Å². The molecule has 1 aliphatic heterocycles. The van der Waals surface area contributed by atoms with Gasteiger partial charge >= 0.3 is 5.97 Å². The van der Waals surface area contributed by atoms with E-state index in [-0.39, 0.29) is 18.2 Å². The number of nitrogens with zero attached hydrogens (tertiary/aromatic N) is 2. The van der Waals surface area contributed by atoms with E-state index in [0.717, 1.165) is 61.5 Å². The van der Waals surface area contributed by atoms with E-state index in [2.05, 4.69) is 69.6 Å². The lowest BCUT2D eigenvalue weighted by molar-refractivity contribution is -0.139. The first-order chi connectivity index (χ1) is 24.6. The van der Waals surface area contributed by atoms with E-state index in [0.29, 0.717) is 5.92 Å². The first kappa shape index (κ1) is 52.3. The number of halogens is 1. The highest BCUT2D eigenvalue weighted by Crippen LogP contribution is 2.36.